The van der Waals surface area contributed by atoms with Crippen molar-refractivity contribution in [1.82, 2.24) is 0 Å². The van der Waals surface area contributed by atoms with Crippen LogP contribution in [0.5, 0.6) is 0 Å². The van der Waals surface area contributed by atoms with Gasteiger partial charge in [0.25, 0.3) is 0 Å². The van der Waals surface area contributed by atoms with Crippen molar-refractivity contribution in [2.24, 2.45) is 16.3 Å². The molecule has 0 aliphatic carbocycles. The minimum Gasteiger partial charge on any atom is -0.409 e. The highest BCUT2D eigenvalue weighted by atomic mass is 79.9. The average Bonchev–Trinajstić information content (AvgIpc) is 2.30. The van der Waals surface area contributed by atoms with Crippen molar-refractivity contribution in [2.45, 2.75) is 13.8 Å². The van der Waals surface area contributed by atoms with Crippen LogP contribution in [-0.4, -0.2) is 17.0 Å². The molecule has 0 atom stereocenters. The highest BCUT2D eigenvalue weighted by Gasteiger charge is 2.33. The smallest absolute Gasteiger partial charge is 0.237 e. The lowest BCUT2D eigenvalue weighted by atomic mass is 9.91. The number of hydrogen-bond acceptors (Lipinski definition) is 3. The maximum Gasteiger partial charge on any atom is 0.237 e. The first-order chi connectivity index (χ1) is 7.89. The summed E-state index contributed by atoms with van der Waals surface area (Å²) in [4.78, 5) is 12.0. The second-order valence-electron chi connectivity index (χ2n) is 4.04. The predicted octanol–water partition coefficient (Wildman–Crippen LogP) is 2.16. The highest BCUT2D eigenvalue weighted by molar-refractivity contribution is 9.10. The van der Waals surface area contributed by atoms with Gasteiger partial charge in [-0.3, -0.25) is 4.79 Å². The standard InChI is InChI=1S/C11H14BrN3O2/c1-11(2,9(13)15-17)10(16)14-8-6-4-3-5-7(8)12/h3-6,17H,1-2H3,(H2,13,15)(H,14,16). The van der Waals surface area contributed by atoms with Crippen molar-refractivity contribution in [1.29, 1.82) is 0 Å². The molecule has 1 rings (SSSR count). The normalized spacial score (nSPS) is 12.3. The molecule has 1 aromatic rings. The van der Waals surface area contributed by atoms with Gasteiger partial charge in [-0.1, -0.05) is 17.3 Å². The molecule has 0 heterocycles. The molecule has 0 spiro atoms. The number of oxime groups is 1. The molecule has 0 aliphatic heterocycles. The molecule has 1 aromatic carbocycles. The Morgan fingerprint density at radius 1 is 1.47 bits per heavy atom. The number of carbonyl (C=O) groups is 1. The van der Waals surface area contributed by atoms with Gasteiger partial charge >= 0.3 is 0 Å². The third-order valence-electron chi connectivity index (χ3n) is 2.44. The summed E-state index contributed by atoms with van der Waals surface area (Å²) >= 11 is 3.32. The fourth-order valence-corrected chi connectivity index (χ4v) is 1.47. The summed E-state index contributed by atoms with van der Waals surface area (Å²) in [6.07, 6.45) is 0. The lowest BCUT2D eigenvalue weighted by Crippen LogP contribution is -2.42. The molecule has 0 saturated heterocycles. The first-order valence-corrected chi connectivity index (χ1v) is 5.73. The lowest BCUT2D eigenvalue weighted by Gasteiger charge is -2.22. The molecular formula is C11H14BrN3O2. The van der Waals surface area contributed by atoms with Gasteiger partial charge in [-0.15, -0.1) is 0 Å². The largest absolute Gasteiger partial charge is 0.409 e. The maximum atomic E-state index is 12.0. The fraction of sp³-hybridized carbons (Fsp3) is 0.273. The van der Waals surface area contributed by atoms with Gasteiger partial charge in [0.1, 0.15) is 5.41 Å². The van der Waals surface area contributed by atoms with Gasteiger partial charge in [0.15, 0.2) is 5.84 Å². The van der Waals surface area contributed by atoms with E-state index < -0.39 is 5.41 Å². The molecule has 92 valence electrons. The van der Waals surface area contributed by atoms with E-state index in [-0.39, 0.29) is 11.7 Å². The molecule has 0 bridgehead atoms. The molecule has 0 aromatic heterocycles. The van der Waals surface area contributed by atoms with E-state index >= 15 is 0 Å². The number of rotatable bonds is 3. The number of nitrogens with zero attached hydrogens (tertiary/aromatic N) is 1. The number of carbonyl (C=O) groups excluding carboxylic acids is 1. The Hall–Kier alpha value is -1.56. The summed E-state index contributed by atoms with van der Waals surface area (Å²) in [5.41, 5.74) is 5.03. The number of amidine groups is 1. The molecule has 0 fully saturated rings. The first-order valence-electron chi connectivity index (χ1n) is 4.93. The summed E-state index contributed by atoms with van der Waals surface area (Å²) < 4.78 is 0.767. The predicted molar refractivity (Wildman–Crippen MR) is 70.0 cm³/mol. The number of halogens is 1. The van der Waals surface area contributed by atoms with Crippen molar-refractivity contribution in [3.05, 3.63) is 28.7 Å². The van der Waals surface area contributed by atoms with E-state index in [0.29, 0.717) is 5.69 Å². The summed E-state index contributed by atoms with van der Waals surface area (Å²) in [6, 6.07) is 7.21. The number of amides is 1. The number of benzene rings is 1. The second-order valence-corrected chi connectivity index (χ2v) is 4.90. The molecule has 0 unspecified atom stereocenters. The molecule has 0 aliphatic rings. The van der Waals surface area contributed by atoms with Crippen molar-refractivity contribution >= 4 is 33.4 Å². The number of hydrogen-bond donors (Lipinski definition) is 3. The van der Waals surface area contributed by atoms with Gasteiger partial charge in [0, 0.05) is 4.47 Å². The Kier molecular flexibility index (Phi) is 4.11. The van der Waals surface area contributed by atoms with Crippen LogP contribution in [0.15, 0.2) is 33.9 Å². The van der Waals surface area contributed by atoms with Gasteiger partial charge in [-0.25, -0.2) is 0 Å². The van der Waals surface area contributed by atoms with Crippen LogP contribution in [0.2, 0.25) is 0 Å². The molecule has 0 saturated carbocycles. The Labute approximate surface area is 108 Å². The highest BCUT2D eigenvalue weighted by Crippen LogP contribution is 2.24. The molecule has 5 nitrogen and oxygen atoms in total. The van der Waals surface area contributed by atoms with E-state index in [0.717, 1.165) is 4.47 Å². The van der Waals surface area contributed by atoms with Gasteiger partial charge in [-0.2, -0.15) is 0 Å². The van der Waals surface area contributed by atoms with Crippen LogP contribution in [0.3, 0.4) is 0 Å². The topological polar surface area (TPSA) is 87.7 Å². The summed E-state index contributed by atoms with van der Waals surface area (Å²) in [5.74, 6) is -0.484. The number of para-hydroxylation sites is 1. The molecule has 0 radical (unpaired) electrons. The third kappa shape index (κ3) is 2.97. The quantitative estimate of drug-likeness (QED) is 0.346. The summed E-state index contributed by atoms with van der Waals surface area (Å²) in [7, 11) is 0. The minimum atomic E-state index is -1.08. The molecular weight excluding hydrogens is 286 g/mol. The van der Waals surface area contributed by atoms with Gasteiger partial charge in [-0.05, 0) is 41.9 Å². The van der Waals surface area contributed by atoms with Crippen LogP contribution in [0, 0.1) is 5.41 Å². The Morgan fingerprint density at radius 2 is 2.06 bits per heavy atom. The average molecular weight is 300 g/mol. The van der Waals surface area contributed by atoms with Crippen LogP contribution < -0.4 is 11.1 Å². The van der Waals surface area contributed by atoms with Crippen LogP contribution in [-0.2, 0) is 4.79 Å². The SMILES string of the molecule is CC(C)(C(=O)Nc1ccccc1Br)C(N)=NO. The Morgan fingerprint density at radius 3 is 2.59 bits per heavy atom. The van der Waals surface area contributed by atoms with Crippen LogP contribution in [0.1, 0.15) is 13.8 Å². The van der Waals surface area contributed by atoms with Crippen molar-refractivity contribution in [2.75, 3.05) is 5.32 Å². The van der Waals surface area contributed by atoms with Crippen molar-refractivity contribution in [3.8, 4) is 0 Å². The van der Waals surface area contributed by atoms with E-state index in [4.69, 9.17) is 10.9 Å². The molecule has 4 N–H and O–H groups in total. The zero-order chi connectivity index (χ0) is 13.1. The van der Waals surface area contributed by atoms with E-state index in [1.54, 1.807) is 26.0 Å². The van der Waals surface area contributed by atoms with E-state index in [9.17, 15) is 4.79 Å². The Balaban J connectivity index is 2.91. The second kappa shape index (κ2) is 5.18. The van der Waals surface area contributed by atoms with Crippen molar-refractivity contribution < 1.29 is 10.0 Å². The van der Waals surface area contributed by atoms with Crippen LogP contribution >= 0.6 is 15.9 Å². The third-order valence-corrected chi connectivity index (χ3v) is 3.13. The van der Waals surface area contributed by atoms with Crippen LogP contribution in [0.4, 0.5) is 5.69 Å². The monoisotopic (exact) mass is 299 g/mol. The zero-order valence-corrected chi connectivity index (χ0v) is 11.2. The van der Waals surface area contributed by atoms with E-state index in [1.807, 2.05) is 12.1 Å². The summed E-state index contributed by atoms with van der Waals surface area (Å²) in [6.45, 7) is 3.16. The maximum absolute atomic E-state index is 12.0. The Bertz CT molecular complexity index is 458. The first kappa shape index (κ1) is 13.5. The minimum absolute atomic E-state index is 0.137. The molecule has 1 amide bonds. The fourth-order valence-electron chi connectivity index (χ4n) is 1.08. The lowest BCUT2D eigenvalue weighted by molar-refractivity contribution is -0.121. The van der Waals surface area contributed by atoms with E-state index in [1.165, 1.54) is 0 Å². The number of nitrogens with two attached hydrogens (primary N) is 1. The summed E-state index contributed by atoms with van der Waals surface area (Å²) in [5, 5.41) is 14.2. The van der Waals surface area contributed by atoms with Crippen LogP contribution in [0.25, 0.3) is 0 Å². The van der Waals surface area contributed by atoms with Gasteiger partial charge < -0.3 is 16.3 Å². The van der Waals surface area contributed by atoms with Gasteiger partial charge in [0.05, 0.1) is 5.69 Å². The molecule has 6 heteroatoms. The molecule has 17 heavy (non-hydrogen) atoms. The number of anilines is 1. The van der Waals surface area contributed by atoms with Crippen molar-refractivity contribution in [3.63, 3.8) is 0 Å². The van der Waals surface area contributed by atoms with Gasteiger partial charge in [0.2, 0.25) is 5.91 Å². The zero-order valence-electron chi connectivity index (χ0n) is 9.57. The van der Waals surface area contributed by atoms with E-state index in [2.05, 4.69) is 26.4 Å². The number of nitrogens with one attached hydrogen (secondary N) is 1.